The van der Waals surface area contributed by atoms with Gasteiger partial charge >= 0.3 is 0 Å². The van der Waals surface area contributed by atoms with Crippen LogP contribution in [0.1, 0.15) is 12.0 Å². The van der Waals surface area contributed by atoms with E-state index in [9.17, 15) is 8.42 Å². The van der Waals surface area contributed by atoms with E-state index < -0.39 is 10.0 Å². The molecule has 1 heterocycles. The maximum atomic E-state index is 12.2. The Labute approximate surface area is 129 Å². The molecule has 2 aromatic rings. The van der Waals surface area contributed by atoms with Crippen LogP contribution in [-0.4, -0.2) is 24.7 Å². The van der Waals surface area contributed by atoms with E-state index in [0.29, 0.717) is 25.2 Å². The number of nitrogens with one attached hydrogen (secondary N) is 1. The summed E-state index contributed by atoms with van der Waals surface area (Å²) in [6.07, 6.45) is 4.13. The Balaban J connectivity index is 2.00. The van der Waals surface area contributed by atoms with Crippen LogP contribution in [0.2, 0.25) is 5.02 Å². The van der Waals surface area contributed by atoms with Crippen molar-refractivity contribution in [2.75, 3.05) is 12.3 Å². The average Bonchev–Trinajstić information content (AvgIpc) is 2.92. The predicted molar refractivity (Wildman–Crippen MR) is 82.6 cm³/mol. The number of aryl methyl sites for hydroxylation is 2. The van der Waals surface area contributed by atoms with Gasteiger partial charge in [0.1, 0.15) is 4.90 Å². The fraction of sp³-hybridized carbons (Fsp3) is 0.308. The fourth-order valence-electron chi connectivity index (χ4n) is 1.83. The summed E-state index contributed by atoms with van der Waals surface area (Å²) in [4.78, 5) is 0.00589. The third-order valence-electron chi connectivity index (χ3n) is 3.03. The van der Waals surface area contributed by atoms with Crippen LogP contribution in [0.5, 0.6) is 0 Å². The van der Waals surface area contributed by atoms with Gasteiger partial charge in [0.25, 0.3) is 0 Å². The van der Waals surface area contributed by atoms with Crippen LogP contribution in [0, 0.1) is 6.92 Å². The van der Waals surface area contributed by atoms with Crippen LogP contribution >= 0.6 is 11.6 Å². The highest BCUT2D eigenvalue weighted by atomic mass is 35.5. The molecule has 0 saturated carbocycles. The minimum absolute atomic E-state index is 0.00589. The third-order valence-corrected chi connectivity index (χ3v) is 4.95. The Hall–Kier alpha value is -1.57. The molecule has 0 fully saturated rings. The third kappa shape index (κ3) is 3.96. The number of hydrogen-bond donors (Lipinski definition) is 2. The van der Waals surface area contributed by atoms with Crippen LogP contribution in [-0.2, 0) is 16.6 Å². The molecule has 2 rings (SSSR count). The molecule has 3 N–H and O–H groups in total. The number of nitrogens with two attached hydrogens (primary N) is 1. The normalized spacial score (nSPS) is 11.7. The van der Waals surface area contributed by atoms with Crippen molar-refractivity contribution in [2.24, 2.45) is 0 Å². The molecule has 1 aromatic heterocycles. The first-order valence-corrected chi connectivity index (χ1v) is 8.29. The molecule has 0 amide bonds. The number of hydrogen-bond acceptors (Lipinski definition) is 4. The lowest BCUT2D eigenvalue weighted by atomic mass is 10.2. The van der Waals surface area contributed by atoms with Gasteiger partial charge in [-0.1, -0.05) is 11.6 Å². The van der Waals surface area contributed by atoms with Gasteiger partial charge in [-0.05, 0) is 37.1 Å². The summed E-state index contributed by atoms with van der Waals surface area (Å²) >= 11 is 5.99. The van der Waals surface area contributed by atoms with Crippen LogP contribution in [0.4, 0.5) is 5.69 Å². The van der Waals surface area contributed by atoms with E-state index >= 15 is 0 Å². The van der Waals surface area contributed by atoms with E-state index in [4.69, 9.17) is 17.3 Å². The van der Waals surface area contributed by atoms with Gasteiger partial charge in [0.2, 0.25) is 10.0 Å². The first-order chi connectivity index (χ1) is 9.90. The van der Waals surface area contributed by atoms with Crippen molar-refractivity contribution in [1.82, 2.24) is 14.5 Å². The lowest BCUT2D eigenvalue weighted by molar-refractivity contribution is 0.553. The van der Waals surface area contributed by atoms with Gasteiger partial charge < -0.3 is 5.73 Å². The van der Waals surface area contributed by atoms with Gasteiger partial charge in [0, 0.05) is 31.2 Å². The zero-order valence-corrected chi connectivity index (χ0v) is 13.2. The van der Waals surface area contributed by atoms with E-state index in [1.807, 2.05) is 12.3 Å². The van der Waals surface area contributed by atoms with Crippen LogP contribution in [0.25, 0.3) is 0 Å². The van der Waals surface area contributed by atoms with Gasteiger partial charge in [-0.15, -0.1) is 0 Å². The topological polar surface area (TPSA) is 90.0 Å². The summed E-state index contributed by atoms with van der Waals surface area (Å²) in [5, 5.41) is 4.21. The molecule has 0 unspecified atom stereocenters. The SMILES string of the molecule is Cc1cc(Cl)c(S(=O)(=O)NCCCn2cccn2)cc1N. The maximum Gasteiger partial charge on any atom is 0.242 e. The molecule has 0 saturated heterocycles. The van der Waals surface area contributed by atoms with Crippen LogP contribution in [0.3, 0.4) is 0 Å². The Morgan fingerprint density at radius 1 is 1.43 bits per heavy atom. The van der Waals surface area contributed by atoms with Gasteiger partial charge in [0.05, 0.1) is 5.02 Å². The van der Waals surface area contributed by atoms with Crippen molar-refractivity contribution >= 4 is 27.3 Å². The molecular weight excluding hydrogens is 312 g/mol. The monoisotopic (exact) mass is 328 g/mol. The number of rotatable bonds is 6. The number of anilines is 1. The fourth-order valence-corrected chi connectivity index (χ4v) is 3.52. The molecule has 21 heavy (non-hydrogen) atoms. The Morgan fingerprint density at radius 2 is 2.19 bits per heavy atom. The van der Waals surface area contributed by atoms with Crippen molar-refractivity contribution < 1.29 is 8.42 Å². The van der Waals surface area contributed by atoms with Gasteiger partial charge in [-0.3, -0.25) is 4.68 Å². The number of nitrogens with zero attached hydrogens (tertiary/aromatic N) is 2. The molecular formula is C13H17ClN4O2S. The summed E-state index contributed by atoms with van der Waals surface area (Å²) in [6.45, 7) is 2.71. The lowest BCUT2D eigenvalue weighted by Crippen LogP contribution is -2.26. The molecule has 6 nitrogen and oxygen atoms in total. The molecule has 0 bridgehead atoms. The van der Waals surface area contributed by atoms with Crippen molar-refractivity contribution in [2.45, 2.75) is 24.8 Å². The molecule has 0 aliphatic carbocycles. The Bertz CT molecular complexity index is 714. The van der Waals surface area contributed by atoms with Crippen molar-refractivity contribution in [3.05, 3.63) is 41.2 Å². The summed E-state index contributed by atoms with van der Waals surface area (Å²) in [5.41, 5.74) is 6.89. The maximum absolute atomic E-state index is 12.2. The smallest absolute Gasteiger partial charge is 0.242 e. The summed E-state index contributed by atoms with van der Waals surface area (Å²) in [6, 6.07) is 4.75. The Morgan fingerprint density at radius 3 is 2.86 bits per heavy atom. The van der Waals surface area contributed by atoms with E-state index in [2.05, 4.69) is 9.82 Å². The summed E-state index contributed by atoms with van der Waals surface area (Å²) < 4.78 is 28.7. The van der Waals surface area contributed by atoms with Gasteiger partial charge in [-0.25, -0.2) is 13.1 Å². The largest absolute Gasteiger partial charge is 0.398 e. The molecule has 0 radical (unpaired) electrons. The molecule has 1 aromatic carbocycles. The highest BCUT2D eigenvalue weighted by Crippen LogP contribution is 2.26. The highest BCUT2D eigenvalue weighted by molar-refractivity contribution is 7.89. The summed E-state index contributed by atoms with van der Waals surface area (Å²) in [7, 11) is -3.66. The molecule has 8 heteroatoms. The minimum atomic E-state index is -3.66. The highest BCUT2D eigenvalue weighted by Gasteiger charge is 2.18. The van der Waals surface area contributed by atoms with Gasteiger partial charge in [-0.2, -0.15) is 5.10 Å². The number of sulfonamides is 1. The van der Waals surface area contributed by atoms with Crippen LogP contribution < -0.4 is 10.5 Å². The molecule has 0 atom stereocenters. The minimum Gasteiger partial charge on any atom is -0.398 e. The predicted octanol–water partition coefficient (Wildman–Crippen LogP) is 1.80. The van der Waals surface area contributed by atoms with Gasteiger partial charge in [0.15, 0.2) is 0 Å². The first kappa shape index (κ1) is 15.8. The number of nitrogen functional groups attached to an aromatic ring is 1. The lowest BCUT2D eigenvalue weighted by Gasteiger charge is -2.10. The second-order valence-electron chi connectivity index (χ2n) is 4.66. The zero-order chi connectivity index (χ0) is 15.5. The molecule has 0 spiro atoms. The van der Waals surface area contributed by atoms with E-state index in [1.54, 1.807) is 23.9 Å². The quantitative estimate of drug-likeness (QED) is 0.625. The Kier molecular flexibility index (Phi) is 4.87. The number of aromatic nitrogens is 2. The second-order valence-corrected chi connectivity index (χ2v) is 6.80. The zero-order valence-electron chi connectivity index (χ0n) is 11.6. The number of benzene rings is 1. The van der Waals surface area contributed by atoms with Crippen molar-refractivity contribution in [3.8, 4) is 0 Å². The van der Waals surface area contributed by atoms with E-state index in [1.165, 1.54) is 6.07 Å². The van der Waals surface area contributed by atoms with Crippen molar-refractivity contribution in [1.29, 1.82) is 0 Å². The summed E-state index contributed by atoms with van der Waals surface area (Å²) in [5.74, 6) is 0. The first-order valence-electron chi connectivity index (χ1n) is 6.43. The van der Waals surface area contributed by atoms with E-state index in [0.717, 1.165) is 5.56 Å². The average molecular weight is 329 g/mol. The number of halogens is 1. The molecule has 0 aliphatic heterocycles. The standard InChI is InChI=1S/C13H17ClN4O2S/c1-10-8-11(14)13(9-12(10)15)21(19,20)17-5-3-7-18-6-2-4-16-18/h2,4,6,8-9,17H,3,5,7,15H2,1H3. The second kappa shape index (κ2) is 6.46. The molecule has 114 valence electrons. The van der Waals surface area contributed by atoms with Crippen LogP contribution in [0.15, 0.2) is 35.5 Å². The molecule has 0 aliphatic rings. The van der Waals surface area contributed by atoms with E-state index in [-0.39, 0.29) is 9.92 Å². The van der Waals surface area contributed by atoms with Crippen molar-refractivity contribution in [3.63, 3.8) is 0 Å².